The van der Waals surface area contributed by atoms with Crippen LogP contribution in [0.4, 0.5) is 4.39 Å². The average molecular weight is 338 g/mol. The molecule has 3 rings (SSSR count). The summed E-state index contributed by atoms with van der Waals surface area (Å²) in [6, 6.07) is 6.38. The Hall–Kier alpha value is -1.43. The molecule has 1 aromatic heterocycles. The van der Waals surface area contributed by atoms with Crippen LogP contribution in [0.3, 0.4) is 0 Å². The van der Waals surface area contributed by atoms with Gasteiger partial charge in [0.15, 0.2) is 0 Å². The quantitative estimate of drug-likeness (QED) is 0.932. The van der Waals surface area contributed by atoms with Gasteiger partial charge in [0.2, 0.25) is 0 Å². The molecule has 1 N–H and O–H groups in total. The van der Waals surface area contributed by atoms with E-state index in [9.17, 15) is 9.50 Å². The molecule has 4 nitrogen and oxygen atoms in total. The van der Waals surface area contributed by atoms with Crippen LogP contribution in [0.25, 0.3) is 0 Å². The van der Waals surface area contributed by atoms with Crippen LogP contribution in [0.15, 0.2) is 24.3 Å². The van der Waals surface area contributed by atoms with Crippen LogP contribution in [0, 0.1) is 12.7 Å². The lowest BCUT2D eigenvalue weighted by atomic mass is 10.1. The minimum atomic E-state index is -0.246. The van der Waals surface area contributed by atoms with Gasteiger partial charge in [0, 0.05) is 25.2 Å². The van der Waals surface area contributed by atoms with Gasteiger partial charge < -0.3 is 5.11 Å². The molecule has 2 aromatic rings. The summed E-state index contributed by atoms with van der Waals surface area (Å²) in [5.41, 5.74) is 2.91. The zero-order chi connectivity index (χ0) is 16.4. The number of piperidine rings is 1. The summed E-state index contributed by atoms with van der Waals surface area (Å²) in [5, 5.41) is 14.8. The second-order valence-corrected chi connectivity index (χ2v) is 6.50. The molecule has 1 saturated heterocycles. The maximum atomic E-state index is 13.0. The number of aliphatic hydroxyl groups excluding tert-OH is 1. The van der Waals surface area contributed by atoms with Crippen molar-refractivity contribution in [1.29, 1.82) is 0 Å². The molecule has 0 aliphatic carbocycles. The molecule has 1 fully saturated rings. The van der Waals surface area contributed by atoms with Crippen molar-refractivity contribution in [2.75, 3.05) is 13.1 Å². The first-order valence-corrected chi connectivity index (χ1v) is 8.27. The number of benzene rings is 1. The topological polar surface area (TPSA) is 41.3 Å². The molecule has 0 spiro atoms. The van der Waals surface area contributed by atoms with Gasteiger partial charge in [-0.2, -0.15) is 5.10 Å². The molecule has 1 aliphatic heterocycles. The molecule has 0 unspecified atom stereocenters. The van der Waals surface area contributed by atoms with Gasteiger partial charge in [-0.15, -0.1) is 0 Å². The number of nitrogens with zero attached hydrogens (tertiary/aromatic N) is 3. The van der Waals surface area contributed by atoms with Crippen molar-refractivity contribution in [3.63, 3.8) is 0 Å². The second kappa shape index (κ2) is 6.99. The molecular formula is C17H21ClFN3O. The fraction of sp³-hybridized carbons (Fsp3) is 0.471. The molecule has 2 heterocycles. The number of halogens is 2. The van der Waals surface area contributed by atoms with E-state index in [1.807, 2.05) is 6.92 Å². The highest BCUT2D eigenvalue weighted by Crippen LogP contribution is 2.24. The van der Waals surface area contributed by atoms with Gasteiger partial charge >= 0.3 is 0 Å². The van der Waals surface area contributed by atoms with Gasteiger partial charge in [-0.05, 0) is 37.5 Å². The van der Waals surface area contributed by atoms with Crippen LogP contribution in [0.1, 0.15) is 29.7 Å². The lowest BCUT2D eigenvalue weighted by Gasteiger charge is -2.29. The maximum absolute atomic E-state index is 13.0. The van der Waals surface area contributed by atoms with Gasteiger partial charge in [0.25, 0.3) is 0 Å². The van der Waals surface area contributed by atoms with E-state index < -0.39 is 0 Å². The van der Waals surface area contributed by atoms with Crippen LogP contribution in [-0.2, 0) is 13.1 Å². The van der Waals surface area contributed by atoms with E-state index >= 15 is 0 Å². The van der Waals surface area contributed by atoms with Crippen molar-refractivity contribution in [3.05, 3.63) is 52.1 Å². The first-order chi connectivity index (χ1) is 11.0. The van der Waals surface area contributed by atoms with Crippen molar-refractivity contribution in [1.82, 2.24) is 14.7 Å². The molecule has 1 aromatic carbocycles. The number of aromatic nitrogens is 2. The zero-order valence-corrected chi connectivity index (χ0v) is 13.9. The average Bonchev–Trinajstić information content (AvgIpc) is 2.79. The third kappa shape index (κ3) is 3.91. The fourth-order valence-corrected chi connectivity index (χ4v) is 3.23. The number of hydrogen-bond acceptors (Lipinski definition) is 3. The van der Waals surface area contributed by atoms with Crippen molar-refractivity contribution < 1.29 is 9.50 Å². The molecule has 0 amide bonds. The minimum absolute atomic E-state index is 0.177. The maximum Gasteiger partial charge on any atom is 0.132 e. The Morgan fingerprint density at radius 2 is 1.87 bits per heavy atom. The lowest BCUT2D eigenvalue weighted by molar-refractivity contribution is 0.0792. The van der Waals surface area contributed by atoms with Crippen LogP contribution >= 0.6 is 11.6 Å². The van der Waals surface area contributed by atoms with E-state index in [4.69, 9.17) is 11.6 Å². The summed E-state index contributed by atoms with van der Waals surface area (Å²) < 4.78 is 14.8. The molecule has 0 saturated carbocycles. The summed E-state index contributed by atoms with van der Waals surface area (Å²) in [5.74, 6) is -0.246. The summed E-state index contributed by atoms with van der Waals surface area (Å²) in [6.45, 7) is 4.99. The highest BCUT2D eigenvalue weighted by Gasteiger charge is 2.21. The van der Waals surface area contributed by atoms with Gasteiger partial charge in [-0.1, -0.05) is 23.7 Å². The van der Waals surface area contributed by atoms with E-state index in [2.05, 4.69) is 10.00 Å². The van der Waals surface area contributed by atoms with Crippen LogP contribution < -0.4 is 0 Å². The van der Waals surface area contributed by atoms with E-state index in [1.165, 1.54) is 12.1 Å². The van der Waals surface area contributed by atoms with Gasteiger partial charge in [0.1, 0.15) is 11.0 Å². The Morgan fingerprint density at radius 1 is 1.22 bits per heavy atom. The van der Waals surface area contributed by atoms with Crippen molar-refractivity contribution in [3.8, 4) is 0 Å². The Balaban J connectivity index is 1.72. The first kappa shape index (κ1) is 16.4. The predicted molar refractivity (Wildman–Crippen MR) is 88.0 cm³/mol. The third-order valence-electron chi connectivity index (χ3n) is 4.37. The molecule has 0 radical (unpaired) electrons. The molecule has 1 aliphatic rings. The van der Waals surface area contributed by atoms with Crippen molar-refractivity contribution in [2.45, 2.75) is 39.0 Å². The minimum Gasteiger partial charge on any atom is -0.393 e. The number of likely N-dealkylation sites (tertiary alicyclic amines) is 1. The van der Waals surface area contributed by atoms with Crippen LogP contribution in [0.5, 0.6) is 0 Å². The highest BCUT2D eigenvalue weighted by molar-refractivity contribution is 6.30. The summed E-state index contributed by atoms with van der Waals surface area (Å²) in [4.78, 5) is 2.30. The SMILES string of the molecule is Cc1nn(Cc2ccc(F)cc2)c(Cl)c1CN1CCC(O)CC1. The number of hydrogen-bond donors (Lipinski definition) is 1. The Labute approximate surface area is 140 Å². The molecule has 124 valence electrons. The number of aliphatic hydroxyl groups is 1. The normalized spacial score (nSPS) is 16.9. The Kier molecular flexibility index (Phi) is 4.99. The van der Waals surface area contributed by atoms with Gasteiger partial charge in [-0.25, -0.2) is 9.07 Å². The Morgan fingerprint density at radius 3 is 2.52 bits per heavy atom. The molecule has 0 bridgehead atoms. The predicted octanol–water partition coefficient (Wildman–Crippen LogP) is 2.99. The third-order valence-corrected chi connectivity index (χ3v) is 4.79. The largest absolute Gasteiger partial charge is 0.393 e. The van der Waals surface area contributed by atoms with E-state index in [0.717, 1.165) is 49.3 Å². The standard InChI is InChI=1S/C17H21ClFN3O/c1-12-16(11-21-8-6-15(23)7-9-21)17(18)22(20-12)10-13-2-4-14(19)5-3-13/h2-5,15,23H,6-11H2,1H3. The lowest BCUT2D eigenvalue weighted by Crippen LogP contribution is -2.35. The number of rotatable bonds is 4. The van der Waals surface area contributed by atoms with Crippen LogP contribution in [0.2, 0.25) is 5.15 Å². The molecular weight excluding hydrogens is 317 g/mol. The summed E-state index contributed by atoms with van der Waals surface area (Å²) in [6.07, 6.45) is 1.44. The smallest absolute Gasteiger partial charge is 0.132 e. The monoisotopic (exact) mass is 337 g/mol. The van der Waals surface area contributed by atoms with E-state index in [0.29, 0.717) is 11.7 Å². The number of aryl methyl sites for hydroxylation is 1. The highest BCUT2D eigenvalue weighted by atomic mass is 35.5. The molecule has 0 atom stereocenters. The molecule has 23 heavy (non-hydrogen) atoms. The van der Waals surface area contributed by atoms with Crippen LogP contribution in [-0.4, -0.2) is 39.0 Å². The first-order valence-electron chi connectivity index (χ1n) is 7.89. The summed E-state index contributed by atoms with van der Waals surface area (Å²) in [7, 11) is 0. The fourth-order valence-electron chi connectivity index (χ4n) is 2.94. The second-order valence-electron chi connectivity index (χ2n) is 6.15. The zero-order valence-electron chi connectivity index (χ0n) is 13.2. The van der Waals surface area contributed by atoms with Gasteiger partial charge in [0.05, 0.1) is 18.3 Å². The van der Waals surface area contributed by atoms with E-state index in [1.54, 1.807) is 16.8 Å². The van der Waals surface area contributed by atoms with Crippen molar-refractivity contribution >= 4 is 11.6 Å². The van der Waals surface area contributed by atoms with E-state index in [-0.39, 0.29) is 11.9 Å². The van der Waals surface area contributed by atoms with Gasteiger partial charge in [-0.3, -0.25) is 4.90 Å². The molecule has 6 heteroatoms. The summed E-state index contributed by atoms with van der Waals surface area (Å²) >= 11 is 6.51. The Bertz CT molecular complexity index is 663. The van der Waals surface area contributed by atoms with Crippen molar-refractivity contribution in [2.24, 2.45) is 0 Å².